The summed E-state index contributed by atoms with van der Waals surface area (Å²) in [6.07, 6.45) is 4.35. The number of hydrogen-bond acceptors (Lipinski definition) is 5. The number of aryl methyl sites for hydroxylation is 1. The van der Waals surface area contributed by atoms with Gasteiger partial charge in [0.05, 0.1) is 11.6 Å². The highest BCUT2D eigenvalue weighted by atomic mass is 32.1. The van der Waals surface area contributed by atoms with Crippen LogP contribution in [0.4, 0.5) is 0 Å². The molecule has 5 heteroatoms. The van der Waals surface area contributed by atoms with Gasteiger partial charge in [0.1, 0.15) is 0 Å². The Balaban J connectivity index is 1.82. The van der Waals surface area contributed by atoms with Crippen molar-refractivity contribution in [2.24, 2.45) is 5.41 Å². The predicted molar refractivity (Wildman–Crippen MR) is 75.0 cm³/mol. The van der Waals surface area contributed by atoms with Crippen LogP contribution in [-0.2, 0) is 11.3 Å². The summed E-state index contributed by atoms with van der Waals surface area (Å²) in [5.74, 6) is 0. The smallest absolute Gasteiger partial charge is 0.0897 e. The third kappa shape index (κ3) is 3.75. The number of nitrogens with zero attached hydrogens (tertiary/aromatic N) is 1. The molecule has 18 heavy (non-hydrogen) atoms. The quantitative estimate of drug-likeness (QED) is 0.823. The van der Waals surface area contributed by atoms with Crippen LogP contribution in [0.1, 0.15) is 22.7 Å². The first kappa shape index (κ1) is 13.9. The van der Waals surface area contributed by atoms with Crippen LogP contribution in [0.3, 0.4) is 0 Å². The lowest BCUT2D eigenvalue weighted by Crippen LogP contribution is -2.45. The highest BCUT2D eigenvalue weighted by molar-refractivity contribution is 7.11. The number of rotatable bonds is 6. The van der Waals surface area contributed by atoms with Crippen molar-refractivity contribution in [1.29, 1.82) is 0 Å². The summed E-state index contributed by atoms with van der Waals surface area (Å²) in [6.45, 7) is 7.05. The van der Waals surface area contributed by atoms with Crippen LogP contribution in [0.5, 0.6) is 0 Å². The standard InChI is InChI=1S/C13H23N3OS/c1-11-16-8-12(18-11)7-15-9-13(10-17-2)3-5-14-6-4-13/h8,14-15H,3-7,9-10H2,1-2H3. The Morgan fingerprint density at radius 2 is 2.28 bits per heavy atom. The van der Waals surface area contributed by atoms with E-state index in [2.05, 4.69) is 15.6 Å². The van der Waals surface area contributed by atoms with Gasteiger partial charge in [-0.05, 0) is 32.9 Å². The summed E-state index contributed by atoms with van der Waals surface area (Å²) in [5.41, 5.74) is 0.305. The number of hydrogen-bond donors (Lipinski definition) is 2. The molecule has 0 amide bonds. The van der Waals surface area contributed by atoms with Crippen molar-refractivity contribution in [1.82, 2.24) is 15.6 Å². The highest BCUT2D eigenvalue weighted by Crippen LogP contribution is 2.28. The van der Waals surface area contributed by atoms with E-state index in [1.165, 1.54) is 17.7 Å². The predicted octanol–water partition coefficient (Wildman–Crippen LogP) is 1.56. The maximum Gasteiger partial charge on any atom is 0.0897 e. The molecule has 2 rings (SSSR count). The van der Waals surface area contributed by atoms with Crippen molar-refractivity contribution < 1.29 is 4.74 Å². The molecular formula is C13H23N3OS. The van der Waals surface area contributed by atoms with Crippen molar-refractivity contribution in [2.45, 2.75) is 26.3 Å². The van der Waals surface area contributed by atoms with Crippen LogP contribution in [0.2, 0.25) is 0 Å². The molecule has 0 unspecified atom stereocenters. The largest absolute Gasteiger partial charge is 0.384 e. The van der Waals surface area contributed by atoms with Crippen molar-refractivity contribution in [3.05, 3.63) is 16.1 Å². The molecule has 0 saturated carbocycles. The van der Waals surface area contributed by atoms with E-state index >= 15 is 0 Å². The fraction of sp³-hybridized carbons (Fsp3) is 0.769. The molecule has 0 aromatic carbocycles. The van der Waals surface area contributed by atoms with E-state index in [1.807, 2.05) is 13.1 Å². The number of ether oxygens (including phenoxy) is 1. The molecule has 0 atom stereocenters. The minimum Gasteiger partial charge on any atom is -0.384 e. The third-order valence-electron chi connectivity index (χ3n) is 3.58. The minimum absolute atomic E-state index is 0.305. The van der Waals surface area contributed by atoms with E-state index < -0.39 is 0 Å². The molecule has 2 heterocycles. The second-order valence-electron chi connectivity index (χ2n) is 5.13. The Morgan fingerprint density at radius 1 is 1.50 bits per heavy atom. The van der Waals surface area contributed by atoms with Crippen LogP contribution < -0.4 is 10.6 Å². The Kier molecular flexibility index (Phi) is 5.12. The van der Waals surface area contributed by atoms with E-state index in [4.69, 9.17) is 4.74 Å². The van der Waals surface area contributed by atoms with E-state index in [0.717, 1.165) is 37.8 Å². The molecule has 0 aliphatic carbocycles. The molecule has 102 valence electrons. The van der Waals surface area contributed by atoms with Gasteiger partial charge < -0.3 is 15.4 Å². The van der Waals surface area contributed by atoms with Gasteiger partial charge in [0.25, 0.3) is 0 Å². The molecule has 1 aliphatic heterocycles. The van der Waals surface area contributed by atoms with Crippen LogP contribution in [0.15, 0.2) is 6.20 Å². The second-order valence-corrected chi connectivity index (χ2v) is 6.45. The summed E-state index contributed by atoms with van der Waals surface area (Å²) in [4.78, 5) is 5.59. The molecule has 0 radical (unpaired) electrons. The van der Waals surface area contributed by atoms with E-state index in [1.54, 1.807) is 18.4 Å². The number of methoxy groups -OCH3 is 1. The summed E-state index contributed by atoms with van der Waals surface area (Å²) in [5, 5.41) is 8.13. The molecule has 1 aliphatic rings. The molecule has 2 N–H and O–H groups in total. The van der Waals surface area contributed by atoms with Crippen molar-refractivity contribution >= 4 is 11.3 Å². The number of nitrogens with one attached hydrogen (secondary N) is 2. The SMILES string of the molecule is COCC1(CNCc2cnc(C)s2)CCNCC1. The average molecular weight is 269 g/mol. The minimum atomic E-state index is 0.305. The first-order valence-corrected chi connectivity index (χ1v) is 7.37. The lowest BCUT2D eigenvalue weighted by atomic mass is 9.79. The van der Waals surface area contributed by atoms with Crippen LogP contribution in [-0.4, -0.2) is 38.3 Å². The van der Waals surface area contributed by atoms with Gasteiger partial charge in [0, 0.05) is 36.7 Å². The summed E-state index contributed by atoms with van der Waals surface area (Å²) >= 11 is 1.77. The average Bonchev–Trinajstić information content (AvgIpc) is 2.77. The fourth-order valence-electron chi connectivity index (χ4n) is 2.57. The molecule has 1 aromatic rings. The Morgan fingerprint density at radius 3 is 2.89 bits per heavy atom. The van der Waals surface area contributed by atoms with E-state index in [9.17, 15) is 0 Å². The summed E-state index contributed by atoms with van der Waals surface area (Å²) in [7, 11) is 1.80. The molecule has 1 saturated heterocycles. The zero-order chi connectivity index (χ0) is 12.8. The third-order valence-corrected chi connectivity index (χ3v) is 4.50. The molecule has 0 bridgehead atoms. The topological polar surface area (TPSA) is 46.2 Å². The van der Waals surface area contributed by atoms with Crippen molar-refractivity contribution in [3.8, 4) is 0 Å². The molecular weight excluding hydrogens is 246 g/mol. The Hall–Kier alpha value is -0.490. The highest BCUT2D eigenvalue weighted by Gasteiger charge is 2.31. The van der Waals surface area contributed by atoms with Crippen LogP contribution in [0, 0.1) is 12.3 Å². The van der Waals surface area contributed by atoms with Gasteiger partial charge in [-0.25, -0.2) is 4.98 Å². The van der Waals surface area contributed by atoms with Crippen molar-refractivity contribution in [2.75, 3.05) is 33.4 Å². The maximum atomic E-state index is 5.41. The monoisotopic (exact) mass is 269 g/mol. The molecule has 1 fully saturated rings. The lowest BCUT2D eigenvalue weighted by molar-refractivity contribution is 0.0535. The summed E-state index contributed by atoms with van der Waals surface area (Å²) in [6, 6.07) is 0. The van der Waals surface area contributed by atoms with Gasteiger partial charge in [-0.15, -0.1) is 11.3 Å². The Bertz CT molecular complexity index is 355. The number of piperidine rings is 1. The van der Waals surface area contributed by atoms with Gasteiger partial charge in [-0.2, -0.15) is 0 Å². The van der Waals surface area contributed by atoms with Crippen LogP contribution in [0.25, 0.3) is 0 Å². The van der Waals surface area contributed by atoms with E-state index in [0.29, 0.717) is 5.41 Å². The van der Waals surface area contributed by atoms with Crippen LogP contribution >= 0.6 is 11.3 Å². The van der Waals surface area contributed by atoms with Gasteiger partial charge in [0.2, 0.25) is 0 Å². The lowest BCUT2D eigenvalue weighted by Gasteiger charge is -2.37. The normalized spacial score (nSPS) is 19.0. The van der Waals surface area contributed by atoms with Gasteiger partial charge in [-0.1, -0.05) is 0 Å². The zero-order valence-electron chi connectivity index (χ0n) is 11.3. The first-order valence-electron chi connectivity index (χ1n) is 6.56. The van der Waals surface area contributed by atoms with E-state index in [-0.39, 0.29) is 0 Å². The summed E-state index contributed by atoms with van der Waals surface area (Å²) < 4.78 is 5.41. The van der Waals surface area contributed by atoms with Gasteiger partial charge in [0.15, 0.2) is 0 Å². The number of aromatic nitrogens is 1. The van der Waals surface area contributed by atoms with Gasteiger partial charge >= 0.3 is 0 Å². The molecule has 4 nitrogen and oxygen atoms in total. The van der Waals surface area contributed by atoms with Crippen molar-refractivity contribution in [3.63, 3.8) is 0 Å². The maximum absolute atomic E-state index is 5.41. The fourth-order valence-corrected chi connectivity index (χ4v) is 3.34. The molecule has 1 aromatic heterocycles. The molecule has 0 spiro atoms. The Labute approximate surface area is 113 Å². The second kappa shape index (κ2) is 6.61. The first-order chi connectivity index (χ1) is 8.74. The van der Waals surface area contributed by atoms with Gasteiger partial charge in [-0.3, -0.25) is 0 Å². The number of thiazole rings is 1. The zero-order valence-corrected chi connectivity index (χ0v) is 12.1.